The lowest BCUT2D eigenvalue weighted by atomic mass is 10.1. The Bertz CT molecular complexity index is 1070. The summed E-state index contributed by atoms with van der Waals surface area (Å²) in [5.74, 6) is -0.474. The Labute approximate surface area is 163 Å². The Morgan fingerprint density at radius 1 is 1.26 bits per heavy atom. The third-order valence-corrected chi connectivity index (χ3v) is 6.35. The van der Waals surface area contributed by atoms with E-state index >= 15 is 0 Å². The van der Waals surface area contributed by atoms with Crippen LogP contribution in [0.2, 0.25) is 0 Å². The molecule has 27 heavy (non-hydrogen) atoms. The number of nitrogens with one attached hydrogen (secondary N) is 1. The topological polar surface area (TPSA) is 86.0 Å². The maximum atomic E-state index is 12.8. The van der Waals surface area contributed by atoms with Crippen LogP contribution in [0.3, 0.4) is 0 Å². The van der Waals surface area contributed by atoms with Gasteiger partial charge in [0.15, 0.2) is 0 Å². The SMILES string of the molecule is Cc1nc(C(Cc2ccsc2)NC(=O)c2cc(=O)n(C)c(=O)n2C)sc1C. The van der Waals surface area contributed by atoms with Gasteiger partial charge in [0.25, 0.3) is 11.5 Å². The number of amides is 1. The van der Waals surface area contributed by atoms with E-state index < -0.39 is 17.2 Å². The number of thiazole rings is 1. The molecule has 1 amide bonds. The van der Waals surface area contributed by atoms with Crippen molar-refractivity contribution < 1.29 is 4.79 Å². The van der Waals surface area contributed by atoms with Crippen molar-refractivity contribution in [3.63, 3.8) is 0 Å². The Balaban J connectivity index is 1.95. The second kappa shape index (κ2) is 7.61. The summed E-state index contributed by atoms with van der Waals surface area (Å²) in [7, 11) is 2.86. The van der Waals surface area contributed by atoms with Gasteiger partial charge in [-0.05, 0) is 36.2 Å². The van der Waals surface area contributed by atoms with Gasteiger partial charge in [0.05, 0.1) is 11.7 Å². The van der Waals surface area contributed by atoms with Crippen molar-refractivity contribution in [1.29, 1.82) is 0 Å². The fraction of sp³-hybridized carbons (Fsp3) is 0.333. The summed E-state index contributed by atoms with van der Waals surface area (Å²) in [6.07, 6.45) is 0.584. The molecule has 3 heterocycles. The van der Waals surface area contributed by atoms with Gasteiger partial charge in [-0.3, -0.25) is 18.7 Å². The monoisotopic (exact) mass is 404 g/mol. The molecular formula is C18H20N4O3S2. The van der Waals surface area contributed by atoms with Crippen molar-refractivity contribution in [2.45, 2.75) is 26.3 Å². The highest BCUT2D eigenvalue weighted by molar-refractivity contribution is 7.11. The smallest absolute Gasteiger partial charge is 0.331 e. The molecule has 0 saturated heterocycles. The van der Waals surface area contributed by atoms with Crippen LogP contribution in [0.4, 0.5) is 0 Å². The van der Waals surface area contributed by atoms with Crippen LogP contribution in [-0.4, -0.2) is 20.0 Å². The van der Waals surface area contributed by atoms with Crippen LogP contribution in [0.15, 0.2) is 32.5 Å². The van der Waals surface area contributed by atoms with E-state index in [-0.39, 0.29) is 11.7 Å². The minimum absolute atomic E-state index is 0.0309. The molecule has 7 nitrogen and oxygen atoms in total. The number of thiophene rings is 1. The highest BCUT2D eigenvalue weighted by atomic mass is 32.1. The second-order valence-corrected chi connectivity index (χ2v) is 8.34. The number of hydrogen-bond acceptors (Lipinski definition) is 6. The van der Waals surface area contributed by atoms with Gasteiger partial charge in [-0.25, -0.2) is 9.78 Å². The lowest BCUT2D eigenvalue weighted by molar-refractivity contribution is 0.0926. The van der Waals surface area contributed by atoms with Crippen LogP contribution in [0, 0.1) is 13.8 Å². The standard InChI is InChI=1S/C18H20N4O3S2/c1-10-11(2)27-17(19-10)13(7-12-5-6-26-9-12)20-16(24)14-8-15(23)22(4)18(25)21(14)3/h5-6,8-9,13H,7H2,1-4H3,(H,20,24). The van der Waals surface area contributed by atoms with Crippen molar-refractivity contribution in [1.82, 2.24) is 19.4 Å². The van der Waals surface area contributed by atoms with Crippen LogP contribution < -0.4 is 16.6 Å². The highest BCUT2D eigenvalue weighted by Gasteiger charge is 2.22. The highest BCUT2D eigenvalue weighted by Crippen LogP contribution is 2.26. The normalized spacial score (nSPS) is 12.1. The lowest BCUT2D eigenvalue weighted by Gasteiger charge is -2.17. The molecule has 0 saturated carbocycles. The molecule has 0 aliphatic heterocycles. The first-order valence-corrected chi connectivity index (χ1v) is 10.1. The maximum Gasteiger partial charge on any atom is 0.331 e. The molecule has 0 radical (unpaired) electrons. The molecule has 1 unspecified atom stereocenters. The molecule has 3 rings (SSSR count). The molecule has 1 atom stereocenters. The molecule has 9 heteroatoms. The molecule has 0 fully saturated rings. The Morgan fingerprint density at radius 3 is 2.59 bits per heavy atom. The van der Waals surface area contributed by atoms with Crippen molar-refractivity contribution in [2.24, 2.45) is 14.1 Å². The van der Waals surface area contributed by atoms with Gasteiger partial charge in [-0.2, -0.15) is 11.3 Å². The lowest BCUT2D eigenvalue weighted by Crippen LogP contribution is -2.42. The van der Waals surface area contributed by atoms with Crippen LogP contribution in [0.25, 0.3) is 0 Å². The number of nitrogens with zero attached hydrogens (tertiary/aromatic N) is 3. The Morgan fingerprint density at radius 2 is 2.00 bits per heavy atom. The van der Waals surface area contributed by atoms with Crippen molar-refractivity contribution in [2.75, 3.05) is 0 Å². The minimum atomic E-state index is -0.539. The maximum absolute atomic E-state index is 12.8. The molecule has 0 bridgehead atoms. The Hall–Kier alpha value is -2.52. The zero-order chi connectivity index (χ0) is 19.7. The largest absolute Gasteiger partial charge is 0.341 e. The van der Waals surface area contributed by atoms with Crippen LogP contribution in [0.1, 0.15) is 37.7 Å². The molecule has 142 valence electrons. The predicted octanol–water partition coefficient (Wildman–Crippen LogP) is 1.93. The van der Waals surface area contributed by atoms with Crippen molar-refractivity contribution >= 4 is 28.6 Å². The summed E-state index contributed by atoms with van der Waals surface area (Å²) in [5.41, 5.74) is 0.999. The molecule has 3 aromatic heterocycles. The molecular weight excluding hydrogens is 384 g/mol. The number of aryl methyl sites for hydroxylation is 2. The van der Waals surface area contributed by atoms with Gasteiger partial charge < -0.3 is 5.32 Å². The average molecular weight is 405 g/mol. The average Bonchev–Trinajstić information content (AvgIpc) is 3.25. The minimum Gasteiger partial charge on any atom is -0.341 e. The van der Waals surface area contributed by atoms with Gasteiger partial charge >= 0.3 is 5.69 Å². The summed E-state index contributed by atoms with van der Waals surface area (Å²) in [4.78, 5) is 42.6. The number of carbonyl (C=O) groups excluding carboxylic acids is 1. The summed E-state index contributed by atoms with van der Waals surface area (Å²) in [6.45, 7) is 3.92. The van der Waals surface area contributed by atoms with Gasteiger partial charge in [-0.15, -0.1) is 11.3 Å². The van der Waals surface area contributed by atoms with Gasteiger partial charge in [0.1, 0.15) is 10.7 Å². The number of hydrogen-bond donors (Lipinski definition) is 1. The summed E-state index contributed by atoms with van der Waals surface area (Å²) in [5, 5.41) is 7.76. The molecule has 0 aliphatic rings. The first-order chi connectivity index (χ1) is 12.8. The van der Waals surface area contributed by atoms with Crippen molar-refractivity contribution in [3.8, 4) is 0 Å². The predicted molar refractivity (Wildman–Crippen MR) is 107 cm³/mol. The third kappa shape index (κ3) is 3.93. The zero-order valence-corrected chi connectivity index (χ0v) is 17.1. The Kier molecular flexibility index (Phi) is 5.43. The van der Waals surface area contributed by atoms with E-state index in [9.17, 15) is 14.4 Å². The van der Waals surface area contributed by atoms with E-state index in [1.54, 1.807) is 11.3 Å². The van der Waals surface area contributed by atoms with E-state index in [0.717, 1.165) is 25.7 Å². The summed E-state index contributed by atoms with van der Waals surface area (Å²) >= 11 is 3.13. The fourth-order valence-electron chi connectivity index (χ4n) is 2.67. The van der Waals surface area contributed by atoms with E-state index in [1.165, 1.54) is 36.1 Å². The quantitative estimate of drug-likeness (QED) is 0.704. The summed E-state index contributed by atoms with van der Waals surface area (Å²) < 4.78 is 2.14. The van der Waals surface area contributed by atoms with E-state index in [4.69, 9.17) is 0 Å². The van der Waals surface area contributed by atoms with Gasteiger partial charge in [-0.1, -0.05) is 0 Å². The fourth-order valence-corrected chi connectivity index (χ4v) is 4.33. The first kappa shape index (κ1) is 19.2. The summed E-state index contributed by atoms with van der Waals surface area (Å²) in [6, 6.07) is 2.84. The number of aromatic nitrogens is 3. The third-order valence-electron chi connectivity index (χ3n) is 4.43. The molecule has 1 N–H and O–H groups in total. The molecule has 0 spiro atoms. The first-order valence-electron chi connectivity index (χ1n) is 8.31. The van der Waals surface area contributed by atoms with Crippen LogP contribution in [0.5, 0.6) is 0 Å². The molecule has 0 aliphatic carbocycles. The molecule has 3 aromatic rings. The number of rotatable bonds is 5. The zero-order valence-electron chi connectivity index (χ0n) is 15.5. The second-order valence-electron chi connectivity index (χ2n) is 6.32. The van der Waals surface area contributed by atoms with E-state index in [2.05, 4.69) is 10.3 Å². The van der Waals surface area contributed by atoms with Crippen LogP contribution in [-0.2, 0) is 20.5 Å². The molecule has 0 aromatic carbocycles. The van der Waals surface area contributed by atoms with E-state index in [1.807, 2.05) is 30.7 Å². The van der Waals surface area contributed by atoms with Gasteiger partial charge in [0.2, 0.25) is 0 Å². The number of carbonyl (C=O) groups is 1. The van der Waals surface area contributed by atoms with Gasteiger partial charge in [0, 0.05) is 31.5 Å². The van der Waals surface area contributed by atoms with Crippen LogP contribution >= 0.6 is 22.7 Å². The van der Waals surface area contributed by atoms with E-state index in [0.29, 0.717) is 6.42 Å². The van der Waals surface area contributed by atoms with Crippen molar-refractivity contribution in [3.05, 3.63) is 70.6 Å².